The van der Waals surface area contributed by atoms with E-state index in [0.717, 1.165) is 50.9 Å². The van der Waals surface area contributed by atoms with Gasteiger partial charge in [-0.15, -0.1) is 11.3 Å². The van der Waals surface area contributed by atoms with Gasteiger partial charge in [-0.25, -0.2) is 4.98 Å². The highest BCUT2D eigenvalue weighted by molar-refractivity contribution is 9.10. The van der Waals surface area contributed by atoms with E-state index >= 15 is 0 Å². The van der Waals surface area contributed by atoms with Gasteiger partial charge in [-0.1, -0.05) is 58.4 Å². The maximum atomic E-state index is 13.6. The van der Waals surface area contributed by atoms with E-state index in [1.807, 2.05) is 47.0 Å². The van der Waals surface area contributed by atoms with Gasteiger partial charge in [0.15, 0.2) is 0 Å². The van der Waals surface area contributed by atoms with Crippen molar-refractivity contribution in [3.8, 4) is 11.4 Å². The zero-order valence-electron chi connectivity index (χ0n) is 15.3. The highest BCUT2D eigenvalue weighted by Gasteiger charge is 2.22. The van der Waals surface area contributed by atoms with E-state index in [0.29, 0.717) is 6.54 Å². The van der Waals surface area contributed by atoms with Crippen molar-refractivity contribution < 1.29 is 0 Å². The van der Waals surface area contributed by atoms with Gasteiger partial charge in [0.25, 0.3) is 5.56 Å². The first kappa shape index (κ1) is 17.8. The van der Waals surface area contributed by atoms with Crippen molar-refractivity contribution in [2.45, 2.75) is 32.2 Å². The van der Waals surface area contributed by atoms with Crippen LogP contribution < -0.4 is 5.56 Å². The van der Waals surface area contributed by atoms with E-state index in [4.69, 9.17) is 4.98 Å². The number of nitrogens with zero attached hydrogens (tertiary/aromatic N) is 2. The third-order valence-electron chi connectivity index (χ3n) is 5.36. The summed E-state index contributed by atoms with van der Waals surface area (Å²) in [5.74, 6) is 0.750. The first-order chi connectivity index (χ1) is 13.7. The Bertz CT molecular complexity index is 1210. The van der Waals surface area contributed by atoms with Crippen LogP contribution in [0.5, 0.6) is 0 Å². The first-order valence-electron chi connectivity index (χ1n) is 9.55. The quantitative estimate of drug-likeness (QED) is 0.394. The van der Waals surface area contributed by atoms with E-state index in [1.54, 1.807) is 11.3 Å². The molecule has 0 bridgehead atoms. The van der Waals surface area contributed by atoms with Crippen molar-refractivity contribution >= 4 is 37.5 Å². The Morgan fingerprint density at radius 1 is 1.00 bits per heavy atom. The lowest BCUT2D eigenvalue weighted by atomic mass is 9.97. The van der Waals surface area contributed by atoms with Crippen LogP contribution in [0.1, 0.15) is 28.8 Å². The zero-order valence-corrected chi connectivity index (χ0v) is 17.7. The van der Waals surface area contributed by atoms with E-state index in [-0.39, 0.29) is 5.56 Å². The molecular formula is C23H19BrN2OS. The zero-order chi connectivity index (χ0) is 19.1. The molecule has 0 saturated carbocycles. The average molecular weight is 451 g/mol. The summed E-state index contributed by atoms with van der Waals surface area (Å²) < 4.78 is 2.88. The van der Waals surface area contributed by atoms with E-state index < -0.39 is 0 Å². The lowest BCUT2D eigenvalue weighted by Gasteiger charge is -2.14. The van der Waals surface area contributed by atoms with Gasteiger partial charge in [-0.2, -0.15) is 0 Å². The molecule has 5 rings (SSSR count). The normalized spacial score (nSPS) is 13.6. The minimum atomic E-state index is 0.0890. The first-order valence-corrected chi connectivity index (χ1v) is 11.2. The second kappa shape index (κ2) is 7.30. The number of thiophene rings is 1. The Hall–Kier alpha value is -2.24. The van der Waals surface area contributed by atoms with Crippen molar-refractivity contribution in [3.63, 3.8) is 0 Å². The molecule has 0 fully saturated rings. The molecule has 3 nitrogen and oxygen atoms in total. The Labute approximate surface area is 175 Å². The lowest BCUT2D eigenvalue weighted by Crippen LogP contribution is -2.24. The van der Waals surface area contributed by atoms with Crippen LogP contribution in [-0.2, 0) is 19.4 Å². The number of benzene rings is 2. The van der Waals surface area contributed by atoms with Gasteiger partial charge in [0.2, 0.25) is 0 Å². The number of aryl methyl sites for hydroxylation is 2. The molecule has 2 aromatic heterocycles. The second-order valence-electron chi connectivity index (χ2n) is 7.21. The van der Waals surface area contributed by atoms with Crippen LogP contribution in [0.3, 0.4) is 0 Å². The van der Waals surface area contributed by atoms with Gasteiger partial charge in [0, 0.05) is 14.9 Å². The SMILES string of the molecule is O=c1c2c3c(sc2nc(-c2ccccc2)n1Cc1ccc(Br)cc1)CCCC3. The van der Waals surface area contributed by atoms with Crippen LogP contribution >= 0.6 is 27.3 Å². The fourth-order valence-electron chi connectivity index (χ4n) is 3.97. The molecule has 0 radical (unpaired) electrons. The molecule has 0 atom stereocenters. The standard InChI is InChI=1S/C23H19BrN2OS/c24-17-12-10-15(11-13-17)14-26-21(16-6-2-1-3-7-16)25-22-20(23(26)27)18-8-4-5-9-19(18)28-22/h1-3,6-7,10-13H,4-5,8-9,14H2. The van der Waals surface area contributed by atoms with Crippen LogP contribution in [0.4, 0.5) is 0 Å². The van der Waals surface area contributed by atoms with Crippen molar-refractivity contribution in [2.75, 3.05) is 0 Å². The van der Waals surface area contributed by atoms with E-state index in [9.17, 15) is 4.79 Å². The summed E-state index contributed by atoms with van der Waals surface area (Å²) in [7, 11) is 0. The number of aromatic nitrogens is 2. The number of rotatable bonds is 3. The third kappa shape index (κ3) is 3.12. The predicted octanol–water partition coefficient (Wildman–Crippen LogP) is 5.81. The van der Waals surface area contributed by atoms with E-state index in [1.165, 1.54) is 16.9 Å². The molecule has 0 saturated heterocycles. The average Bonchev–Trinajstić information content (AvgIpc) is 3.11. The summed E-state index contributed by atoms with van der Waals surface area (Å²) >= 11 is 5.19. The molecule has 1 aliphatic carbocycles. The fourth-order valence-corrected chi connectivity index (χ4v) is 5.48. The molecule has 0 unspecified atom stereocenters. The highest BCUT2D eigenvalue weighted by atomic mass is 79.9. The second-order valence-corrected chi connectivity index (χ2v) is 9.21. The van der Waals surface area contributed by atoms with Gasteiger partial charge in [-0.3, -0.25) is 9.36 Å². The van der Waals surface area contributed by atoms with Crippen molar-refractivity contribution in [3.05, 3.63) is 85.4 Å². The van der Waals surface area contributed by atoms with Gasteiger partial charge < -0.3 is 0 Å². The van der Waals surface area contributed by atoms with Gasteiger partial charge in [0.1, 0.15) is 10.7 Å². The summed E-state index contributed by atoms with van der Waals surface area (Å²) in [4.78, 5) is 20.9. The molecule has 5 heteroatoms. The van der Waals surface area contributed by atoms with Crippen molar-refractivity contribution in [2.24, 2.45) is 0 Å². The Morgan fingerprint density at radius 2 is 1.75 bits per heavy atom. The molecule has 0 aliphatic heterocycles. The summed E-state index contributed by atoms with van der Waals surface area (Å²) in [6.07, 6.45) is 4.43. The molecule has 1 aliphatic rings. The monoisotopic (exact) mass is 450 g/mol. The molecule has 0 N–H and O–H groups in total. The molecule has 28 heavy (non-hydrogen) atoms. The third-order valence-corrected chi connectivity index (χ3v) is 7.08. The molecule has 0 amide bonds. The van der Waals surface area contributed by atoms with Crippen molar-refractivity contribution in [1.29, 1.82) is 0 Å². The Kier molecular flexibility index (Phi) is 4.65. The molecule has 0 spiro atoms. The summed E-state index contributed by atoms with van der Waals surface area (Å²) in [6, 6.07) is 18.2. The van der Waals surface area contributed by atoms with Gasteiger partial charge in [0.05, 0.1) is 11.9 Å². The topological polar surface area (TPSA) is 34.9 Å². The van der Waals surface area contributed by atoms with Crippen LogP contribution in [0.25, 0.3) is 21.6 Å². The van der Waals surface area contributed by atoms with Crippen LogP contribution in [-0.4, -0.2) is 9.55 Å². The molecule has 140 valence electrons. The maximum absolute atomic E-state index is 13.6. The predicted molar refractivity (Wildman–Crippen MR) is 119 cm³/mol. The Balaban J connectivity index is 1.76. The smallest absolute Gasteiger partial charge is 0.263 e. The largest absolute Gasteiger partial charge is 0.288 e. The highest BCUT2D eigenvalue weighted by Crippen LogP contribution is 2.35. The summed E-state index contributed by atoms with van der Waals surface area (Å²) in [5, 5.41) is 0.844. The number of halogens is 1. The van der Waals surface area contributed by atoms with Crippen LogP contribution in [0.2, 0.25) is 0 Å². The Morgan fingerprint density at radius 3 is 2.54 bits per heavy atom. The van der Waals surface area contributed by atoms with Crippen molar-refractivity contribution in [1.82, 2.24) is 9.55 Å². The number of fused-ring (bicyclic) bond motifs is 3. The van der Waals surface area contributed by atoms with Crippen LogP contribution in [0.15, 0.2) is 63.9 Å². The molecule has 4 aromatic rings. The van der Waals surface area contributed by atoms with Crippen LogP contribution in [0, 0.1) is 0 Å². The minimum Gasteiger partial charge on any atom is -0.288 e. The number of hydrogen-bond acceptors (Lipinski definition) is 3. The van der Waals surface area contributed by atoms with E-state index in [2.05, 4.69) is 28.1 Å². The molecular weight excluding hydrogens is 432 g/mol. The fraction of sp³-hybridized carbons (Fsp3) is 0.217. The number of hydrogen-bond donors (Lipinski definition) is 0. The molecule has 2 aromatic carbocycles. The van der Waals surface area contributed by atoms with Gasteiger partial charge in [-0.05, 0) is 48.9 Å². The minimum absolute atomic E-state index is 0.0890. The summed E-state index contributed by atoms with van der Waals surface area (Å²) in [5.41, 5.74) is 3.40. The molecule has 2 heterocycles. The summed E-state index contributed by atoms with van der Waals surface area (Å²) in [6.45, 7) is 0.518. The lowest BCUT2D eigenvalue weighted by molar-refractivity contribution is 0.698. The maximum Gasteiger partial charge on any atom is 0.263 e. The van der Waals surface area contributed by atoms with Gasteiger partial charge >= 0.3 is 0 Å².